The molecule has 1 aliphatic rings. The maximum atomic E-state index is 12.7. The second-order valence-corrected chi connectivity index (χ2v) is 8.26. The van der Waals surface area contributed by atoms with Gasteiger partial charge in [-0.05, 0) is 64.4 Å². The molecule has 0 aliphatic carbocycles. The van der Waals surface area contributed by atoms with Crippen molar-refractivity contribution >= 4 is 11.6 Å². The first-order valence-corrected chi connectivity index (χ1v) is 10.1. The summed E-state index contributed by atoms with van der Waals surface area (Å²) in [6, 6.07) is 8.42. The summed E-state index contributed by atoms with van der Waals surface area (Å²) in [6.07, 6.45) is 2.50. The van der Waals surface area contributed by atoms with E-state index in [1.54, 1.807) is 0 Å². The van der Waals surface area contributed by atoms with Crippen LogP contribution in [0.5, 0.6) is 0 Å². The van der Waals surface area contributed by atoms with Gasteiger partial charge in [0, 0.05) is 30.9 Å². The van der Waals surface area contributed by atoms with E-state index in [9.17, 15) is 4.79 Å². The number of nitrogens with one attached hydrogen (secondary N) is 1. The first-order chi connectivity index (χ1) is 13.3. The Balaban J connectivity index is 1.65. The molecule has 0 spiro atoms. The van der Waals surface area contributed by atoms with Crippen molar-refractivity contribution < 1.29 is 9.32 Å². The van der Waals surface area contributed by atoms with Gasteiger partial charge < -0.3 is 19.6 Å². The molecule has 1 saturated heterocycles. The fraction of sp³-hybridized carbons (Fsp3) is 0.545. The lowest BCUT2D eigenvalue weighted by atomic mass is 9.98. The van der Waals surface area contributed by atoms with Gasteiger partial charge in [0.2, 0.25) is 0 Å². The summed E-state index contributed by atoms with van der Waals surface area (Å²) >= 11 is 0. The minimum atomic E-state index is -0.199. The summed E-state index contributed by atoms with van der Waals surface area (Å²) in [7, 11) is 3.92. The molecular weight excluding hydrogens is 352 g/mol. The Labute approximate surface area is 167 Å². The van der Waals surface area contributed by atoms with Crippen molar-refractivity contribution in [2.24, 2.45) is 5.92 Å². The lowest BCUT2D eigenvalue weighted by Crippen LogP contribution is -2.32. The number of hydrogen-bond donors (Lipinski definition) is 1. The number of aryl methyl sites for hydroxylation is 1. The van der Waals surface area contributed by atoms with E-state index in [1.807, 2.05) is 32.8 Å². The molecule has 1 amide bonds. The molecule has 0 radical (unpaired) electrons. The third kappa shape index (κ3) is 4.73. The molecular formula is C22H32N4O2. The molecule has 2 aromatic rings. The molecule has 1 aromatic heterocycles. The number of rotatable bonds is 6. The lowest BCUT2D eigenvalue weighted by Gasteiger charge is -2.32. The molecule has 0 bridgehead atoms. The van der Waals surface area contributed by atoms with Crippen LogP contribution >= 0.6 is 0 Å². The summed E-state index contributed by atoms with van der Waals surface area (Å²) in [5, 5.41) is 7.03. The normalized spacial score (nSPS) is 16.4. The minimum Gasteiger partial charge on any atom is -0.372 e. The fourth-order valence-electron chi connectivity index (χ4n) is 3.66. The number of benzene rings is 1. The van der Waals surface area contributed by atoms with Gasteiger partial charge in [-0.15, -0.1) is 0 Å². The Hall–Kier alpha value is -2.34. The summed E-state index contributed by atoms with van der Waals surface area (Å²) < 4.78 is 5.25. The van der Waals surface area contributed by atoms with E-state index in [-0.39, 0.29) is 11.9 Å². The fourth-order valence-corrected chi connectivity index (χ4v) is 3.66. The lowest BCUT2D eigenvalue weighted by molar-refractivity contribution is 0.0929. The van der Waals surface area contributed by atoms with Crippen LogP contribution in [0, 0.1) is 12.8 Å². The van der Waals surface area contributed by atoms with Crippen LogP contribution in [0.15, 0.2) is 28.8 Å². The number of carbonyl (C=O) groups is 1. The first-order valence-electron chi connectivity index (χ1n) is 10.1. The molecule has 6 heteroatoms. The Kier molecular flexibility index (Phi) is 6.39. The van der Waals surface area contributed by atoms with Crippen molar-refractivity contribution in [3.8, 4) is 0 Å². The number of aromatic nitrogens is 1. The van der Waals surface area contributed by atoms with Crippen LogP contribution in [-0.2, 0) is 6.54 Å². The van der Waals surface area contributed by atoms with Crippen LogP contribution < -0.4 is 10.2 Å². The van der Waals surface area contributed by atoms with Gasteiger partial charge in [-0.2, -0.15) is 0 Å². The zero-order valence-corrected chi connectivity index (χ0v) is 17.7. The van der Waals surface area contributed by atoms with Crippen molar-refractivity contribution in [3.05, 3.63) is 46.8 Å². The van der Waals surface area contributed by atoms with Gasteiger partial charge in [-0.3, -0.25) is 4.79 Å². The Morgan fingerprint density at radius 1 is 1.29 bits per heavy atom. The smallest absolute Gasteiger partial charge is 0.274 e. The van der Waals surface area contributed by atoms with E-state index in [4.69, 9.17) is 4.52 Å². The highest BCUT2D eigenvalue weighted by Crippen LogP contribution is 2.25. The highest BCUT2D eigenvalue weighted by Gasteiger charge is 2.22. The summed E-state index contributed by atoms with van der Waals surface area (Å²) in [5.74, 6) is 1.31. The topological polar surface area (TPSA) is 61.6 Å². The molecule has 1 unspecified atom stereocenters. The largest absolute Gasteiger partial charge is 0.372 e. The van der Waals surface area contributed by atoms with E-state index in [2.05, 4.69) is 46.6 Å². The van der Waals surface area contributed by atoms with Crippen molar-refractivity contribution in [1.82, 2.24) is 15.4 Å². The van der Waals surface area contributed by atoms with Gasteiger partial charge in [0.25, 0.3) is 5.91 Å². The number of anilines is 1. The van der Waals surface area contributed by atoms with Crippen LogP contribution in [0.2, 0.25) is 0 Å². The van der Waals surface area contributed by atoms with Crippen LogP contribution in [0.1, 0.15) is 60.1 Å². The van der Waals surface area contributed by atoms with Gasteiger partial charge in [0.15, 0.2) is 5.69 Å². The Morgan fingerprint density at radius 3 is 2.54 bits per heavy atom. The molecule has 152 valence electrons. The average Bonchev–Trinajstić information content (AvgIpc) is 3.02. The van der Waals surface area contributed by atoms with Crippen LogP contribution in [0.4, 0.5) is 5.69 Å². The highest BCUT2D eigenvalue weighted by atomic mass is 16.5. The summed E-state index contributed by atoms with van der Waals surface area (Å²) in [5.41, 5.74) is 3.55. The van der Waals surface area contributed by atoms with Gasteiger partial charge in [-0.25, -0.2) is 0 Å². The first kappa shape index (κ1) is 20.4. The molecule has 2 heterocycles. The summed E-state index contributed by atoms with van der Waals surface area (Å²) in [6.45, 7) is 9.01. The molecule has 28 heavy (non-hydrogen) atoms. The summed E-state index contributed by atoms with van der Waals surface area (Å²) in [4.78, 5) is 17.2. The number of piperidine rings is 1. The standard InChI is InChI=1S/C22H32N4O2/c1-15-10-12-26(13-11-15)19-8-6-18(7-9-19)16(2)23-22(27)21-20(14-25(4)5)17(3)28-24-21/h6-9,15-16H,10-14H2,1-5H3,(H,23,27). The zero-order valence-electron chi connectivity index (χ0n) is 17.7. The monoisotopic (exact) mass is 384 g/mol. The Morgan fingerprint density at radius 2 is 1.93 bits per heavy atom. The predicted molar refractivity (Wildman–Crippen MR) is 112 cm³/mol. The molecule has 1 aromatic carbocycles. The maximum Gasteiger partial charge on any atom is 0.274 e. The maximum absolute atomic E-state index is 12.7. The number of carbonyl (C=O) groups excluding carboxylic acids is 1. The van der Waals surface area contributed by atoms with Gasteiger partial charge >= 0.3 is 0 Å². The van der Waals surface area contributed by atoms with Crippen LogP contribution in [0.25, 0.3) is 0 Å². The molecule has 1 N–H and O–H groups in total. The average molecular weight is 385 g/mol. The highest BCUT2D eigenvalue weighted by molar-refractivity contribution is 5.94. The van der Waals surface area contributed by atoms with Crippen molar-refractivity contribution in [2.75, 3.05) is 32.1 Å². The third-order valence-corrected chi connectivity index (χ3v) is 5.56. The van der Waals surface area contributed by atoms with E-state index >= 15 is 0 Å². The third-order valence-electron chi connectivity index (χ3n) is 5.56. The molecule has 6 nitrogen and oxygen atoms in total. The van der Waals surface area contributed by atoms with E-state index in [0.717, 1.165) is 30.1 Å². The van der Waals surface area contributed by atoms with Crippen LogP contribution in [-0.4, -0.2) is 43.1 Å². The predicted octanol–water partition coefficient (Wildman–Crippen LogP) is 3.77. The molecule has 1 aliphatic heterocycles. The van der Waals surface area contributed by atoms with Crippen molar-refractivity contribution in [1.29, 1.82) is 0 Å². The second-order valence-electron chi connectivity index (χ2n) is 8.26. The molecule has 1 atom stereocenters. The van der Waals surface area contributed by atoms with Gasteiger partial charge in [0.1, 0.15) is 5.76 Å². The molecule has 1 fully saturated rings. The quantitative estimate of drug-likeness (QED) is 0.821. The van der Waals surface area contributed by atoms with Gasteiger partial charge in [0.05, 0.1) is 6.04 Å². The minimum absolute atomic E-state index is 0.104. The Bertz CT molecular complexity index is 789. The van der Waals surface area contributed by atoms with E-state index in [0.29, 0.717) is 18.0 Å². The number of nitrogens with zero attached hydrogens (tertiary/aromatic N) is 3. The van der Waals surface area contributed by atoms with Crippen molar-refractivity contribution in [2.45, 2.75) is 46.2 Å². The molecule has 3 rings (SSSR count). The van der Waals surface area contributed by atoms with E-state index in [1.165, 1.54) is 18.5 Å². The second kappa shape index (κ2) is 8.78. The van der Waals surface area contributed by atoms with Crippen LogP contribution in [0.3, 0.4) is 0 Å². The zero-order chi connectivity index (χ0) is 20.3. The van der Waals surface area contributed by atoms with E-state index < -0.39 is 0 Å². The number of hydrogen-bond acceptors (Lipinski definition) is 5. The van der Waals surface area contributed by atoms with Crippen molar-refractivity contribution in [3.63, 3.8) is 0 Å². The number of amides is 1. The SMILES string of the molecule is Cc1onc(C(=O)NC(C)c2ccc(N3CCC(C)CC3)cc2)c1CN(C)C. The molecule has 0 saturated carbocycles. The van der Waals surface area contributed by atoms with Gasteiger partial charge in [-0.1, -0.05) is 24.2 Å².